The van der Waals surface area contributed by atoms with Gasteiger partial charge in [0.15, 0.2) is 0 Å². The number of nitrogens with one attached hydrogen (secondary N) is 1. The lowest BCUT2D eigenvalue weighted by Gasteiger charge is -2.45. The first-order valence-electron chi connectivity index (χ1n) is 5.40. The Bertz CT molecular complexity index is 231. The van der Waals surface area contributed by atoms with Crippen LogP contribution in [0.2, 0.25) is 0 Å². The molecule has 1 N–H and O–H groups in total. The van der Waals surface area contributed by atoms with Crippen LogP contribution in [0.4, 0.5) is 0 Å². The topological polar surface area (TPSA) is 35.6 Å². The van der Waals surface area contributed by atoms with Crippen LogP contribution in [-0.4, -0.2) is 60.5 Å². The van der Waals surface area contributed by atoms with Crippen molar-refractivity contribution in [1.29, 1.82) is 0 Å². The molecule has 0 aromatic carbocycles. The van der Waals surface area contributed by atoms with Gasteiger partial charge in [-0.2, -0.15) is 0 Å². The van der Waals surface area contributed by atoms with Gasteiger partial charge in [0.25, 0.3) is 0 Å². The van der Waals surface area contributed by atoms with E-state index in [0.717, 1.165) is 32.7 Å². The number of hydrogen-bond donors (Lipinski definition) is 1. The number of amides is 1. The molecule has 2 aliphatic heterocycles. The van der Waals surface area contributed by atoms with Crippen LogP contribution in [0.1, 0.15) is 13.8 Å². The lowest BCUT2D eigenvalue weighted by atomic mass is 10.1. The molecule has 0 aliphatic carbocycles. The maximum absolute atomic E-state index is 11.2. The minimum Gasteiger partial charge on any atom is -0.340 e. The number of hydrogen-bond acceptors (Lipinski definition) is 3. The first kappa shape index (κ1) is 9.93. The van der Waals surface area contributed by atoms with Crippen molar-refractivity contribution in [2.75, 3.05) is 32.7 Å². The zero-order valence-electron chi connectivity index (χ0n) is 8.99. The summed E-state index contributed by atoms with van der Waals surface area (Å²) in [4.78, 5) is 15.7. The number of carbonyl (C=O) groups excluding carboxylic acids is 1. The maximum Gasteiger partial charge on any atom is 0.219 e. The van der Waals surface area contributed by atoms with Crippen LogP contribution >= 0.6 is 0 Å². The summed E-state index contributed by atoms with van der Waals surface area (Å²) >= 11 is 0. The van der Waals surface area contributed by atoms with Crippen molar-refractivity contribution in [2.45, 2.75) is 25.9 Å². The van der Waals surface area contributed by atoms with Crippen molar-refractivity contribution < 1.29 is 4.79 Å². The van der Waals surface area contributed by atoms with E-state index in [1.165, 1.54) is 0 Å². The SMILES string of the molecule is CC(=O)N1CCN2CC(C)NCC2C1. The molecule has 4 heteroatoms. The Hall–Kier alpha value is -0.610. The monoisotopic (exact) mass is 197 g/mol. The van der Waals surface area contributed by atoms with E-state index in [-0.39, 0.29) is 5.91 Å². The average Bonchev–Trinajstić information content (AvgIpc) is 2.16. The zero-order chi connectivity index (χ0) is 10.1. The average molecular weight is 197 g/mol. The van der Waals surface area contributed by atoms with Crippen LogP contribution in [0.5, 0.6) is 0 Å². The van der Waals surface area contributed by atoms with E-state index < -0.39 is 0 Å². The largest absolute Gasteiger partial charge is 0.340 e. The molecule has 2 aliphatic rings. The summed E-state index contributed by atoms with van der Waals surface area (Å²) in [6, 6.07) is 1.12. The first-order valence-corrected chi connectivity index (χ1v) is 5.40. The second-order valence-electron chi connectivity index (χ2n) is 4.42. The Morgan fingerprint density at radius 1 is 1.36 bits per heavy atom. The summed E-state index contributed by atoms with van der Waals surface area (Å²) in [5, 5.41) is 3.46. The van der Waals surface area contributed by atoms with E-state index >= 15 is 0 Å². The first-order chi connectivity index (χ1) is 6.66. The van der Waals surface area contributed by atoms with Crippen LogP contribution in [0, 0.1) is 0 Å². The van der Waals surface area contributed by atoms with Crippen molar-refractivity contribution in [3.8, 4) is 0 Å². The van der Waals surface area contributed by atoms with Gasteiger partial charge in [0.1, 0.15) is 0 Å². The number of rotatable bonds is 0. The highest BCUT2D eigenvalue weighted by molar-refractivity contribution is 5.73. The number of piperazine rings is 2. The third-order valence-electron chi connectivity index (χ3n) is 3.26. The van der Waals surface area contributed by atoms with Crippen LogP contribution in [-0.2, 0) is 4.79 Å². The molecule has 0 aromatic heterocycles. The normalized spacial score (nSPS) is 34.0. The highest BCUT2D eigenvalue weighted by Crippen LogP contribution is 2.13. The fourth-order valence-corrected chi connectivity index (χ4v) is 2.37. The highest BCUT2D eigenvalue weighted by Gasteiger charge is 2.31. The Balaban J connectivity index is 1.94. The molecule has 1 amide bonds. The Kier molecular flexibility index (Phi) is 2.74. The Labute approximate surface area is 85.2 Å². The molecular weight excluding hydrogens is 178 g/mol. The minimum atomic E-state index is 0.211. The van der Waals surface area contributed by atoms with E-state index in [1.54, 1.807) is 6.92 Å². The number of nitrogens with zero attached hydrogens (tertiary/aromatic N) is 2. The summed E-state index contributed by atoms with van der Waals surface area (Å²) in [6.45, 7) is 8.85. The predicted molar refractivity (Wildman–Crippen MR) is 55.1 cm³/mol. The van der Waals surface area contributed by atoms with Gasteiger partial charge < -0.3 is 10.2 Å². The highest BCUT2D eigenvalue weighted by atomic mass is 16.2. The van der Waals surface area contributed by atoms with Crippen LogP contribution in [0.25, 0.3) is 0 Å². The van der Waals surface area contributed by atoms with E-state index in [9.17, 15) is 4.79 Å². The van der Waals surface area contributed by atoms with Gasteiger partial charge in [0.2, 0.25) is 5.91 Å². The fraction of sp³-hybridized carbons (Fsp3) is 0.900. The fourth-order valence-electron chi connectivity index (χ4n) is 2.37. The summed E-state index contributed by atoms with van der Waals surface area (Å²) in [5.41, 5.74) is 0. The van der Waals surface area contributed by atoms with Gasteiger partial charge in [-0.05, 0) is 6.92 Å². The minimum absolute atomic E-state index is 0.211. The van der Waals surface area contributed by atoms with Crippen molar-refractivity contribution in [2.24, 2.45) is 0 Å². The van der Waals surface area contributed by atoms with Crippen molar-refractivity contribution in [3.63, 3.8) is 0 Å². The lowest BCUT2D eigenvalue weighted by Crippen LogP contribution is -2.63. The van der Waals surface area contributed by atoms with Gasteiger partial charge in [-0.15, -0.1) is 0 Å². The molecular formula is C10H19N3O. The maximum atomic E-state index is 11.2. The summed E-state index contributed by atoms with van der Waals surface area (Å²) < 4.78 is 0. The molecule has 2 rings (SSSR count). The van der Waals surface area contributed by atoms with Crippen LogP contribution in [0.15, 0.2) is 0 Å². The summed E-state index contributed by atoms with van der Waals surface area (Å²) in [6.07, 6.45) is 0. The molecule has 80 valence electrons. The van der Waals surface area contributed by atoms with Crippen molar-refractivity contribution in [3.05, 3.63) is 0 Å². The molecule has 0 saturated carbocycles. The van der Waals surface area contributed by atoms with E-state index in [0.29, 0.717) is 12.1 Å². The van der Waals surface area contributed by atoms with Crippen LogP contribution < -0.4 is 5.32 Å². The van der Waals surface area contributed by atoms with E-state index in [1.807, 2.05) is 4.90 Å². The molecule has 2 heterocycles. The zero-order valence-corrected chi connectivity index (χ0v) is 8.99. The third kappa shape index (κ3) is 1.91. The molecule has 0 aromatic rings. The summed E-state index contributed by atoms with van der Waals surface area (Å²) in [5.74, 6) is 0.211. The molecule has 2 atom stereocenters. The van der Waals surface area contributed by atoms with Gasteiger partial charge in [0.05, 0.1) is 0 Å². The molecule has 2 unspecified atom stereocenters. The second-order valence-corrected chi connectivity index (χ2v) is 4.42. The standard InChI is InChI=1S/C10H19N3O/c1-8-6-13-4-3-12(9(2)14)7-10(13)5-11-8/h8,10-11H,3-7H2,1-2H3. The molecule has 4 nitrogen and oxygen atoms in total. The third-order valence-corrected chi connectivity index (χ3v) is 3.26. The van der Waals surface area contributed by atoms with Gasteiger partial charge in [0, 0.05) is 51.7 Å². The number of carbonyl (C=O) groups is 1. The Morgan fingerprint density at radius 2 is 2.14 bits per heavy atom. The van der Waals surface area contributed by atoms with Gasteiger partial charge >= 0.3 is 0 Å². The van der Waals surface area contributed by atoms with Crippen molar-refractivity contribution >= 4 is 5.91 Å². The molecule has 0 radical (unpaired) electrons. The predicted octanol–water partition coefficient (Wildman–Crippen LogP) is -0.489. The number of fused-ring (bicyclic) bond motifs is 1. The molecule has 2 saturated heterocycles. The molecule has 0 bridgehead atoms. The Morgan fingerprint density at radius 3 is 2.86 bits per heavy atom. The van der Waals surface area contributed by atoms with Gasteiger partial charge in [-0.3, -0.25) is 9.69 Å². The molecule has 2 fully saturated rings. The quantitative estimate of drug-likeness (QED) is 0.569. The second kappa shape index (κ2) is 3.87. The van der Waals surface area contributed by atoms with E-state index in [2.05, 4.69) is 17.1 Å². The molecule has 0 spiro atoms. The summed E-state index contributed by atoms with van der Waals surface area (Å²) in [7, 11) is 0. The van der Waals surface area contributed by atoms with E-state index in [4.69, 9.17) is 0 Å². The lowest BCUT2D eigenvalue weighted by molar-refractivity contribution is -0.132. The van der Waals surface area contributed by atoms with Gasteiger partial charge in [-0.25, -0.2) is 0 Å². The molecule has 14 heavy (non-hydrogen) atoms. The van der Waals surface area contributed by atoms with Crippen LogP contribution in [0.3, 0.4) is 0 Å². The van der Waals surface area contributed by atoms with Gasteiger partial charge in [-0.1, -0.05) is 0 Å². The van der Waals surface area contributed by atoms with Crippen molar-refractivity contribution in [1.82, 2.24) is 15.1 Å². The smallest absolute Gasteiger partial charge is 0.219 e.